The Bertz CT molecular complexity index is 686. The first-order valence-corrected chi connectivity index (χ1v) is 13.3. The summed E-state index contributed by atoms with van der Waals surface area (Å²) in [5.74, 6) is 5.25. The van der Waals surface area contributed by atoms with E-state index < -0.39 is 0 Å². The summed E-state index contributed by atoms with van der Waals surface area (Å²) in [6.45, 7) is 11.0. The third-order valence-corrected chi connectivity index (χ3v) is 12.0. The molecule has 170 valence electrons. The van der Waals surface area contributed by atoms with E-state index in [0.29, 0.717) is 40.7 Å². The average Bonchev–Trinajstić information content (AvgIpc) is 3.16. The lowest BCUT2D eigenvalue weighted by Crippen LogP contribution is -2.55. The Labute approximate surface area is 184 Å². The van der Waals surface area contributed by atoms with Gasteiger partial charge in [0.1, 0.15) is 0 Å². The molecule has 2 heterocycles. The molecule has 2 N–H and O–H groups in total. The molecule has 0 radical (unpaired) electrons. The Morgan fingerprint density at radius 2 is 1.63 bits per heavy atom. The van der Waals surface area contributed by atoms with E-state index in [9.17, 15) is 0 Å². The minimum absolute atomic E-state index is 0.268. The second-order valence-electron chi connectivity index (χ2n) is 13.2. The van der Waals surface area contributed by atoms with E-state index in [1.807, 2.05) is 0 Å². The van der Waals surface area contributed by atoms with E-state index in [0.717, 1.165) is 36.7 Å². The van der Waals surface area contributed by atoms with Crippen molar-refractivity contribution >= 4 is 0 Å². The summed E-state index contributed by atoms with van der Waals surface area (Å²) in [7, 11) is 0. The van der Waals surface area contributed by atoms with Crippen molar-refractivity contribution < 1.29 is 9.47 Å². The van der Waals surface area contributed by atoms with Crippen molar-refractivity contribution in [2.24, 2.45) is 58.0 Å². The predicted octanol–water partition coefficient (Wildman–Crippen LogP) is 5.76. The lowest BCUT2D eigenvalue weighted by molar-refractivity contribution is -0.273. The summed E-state index contributed by atoms with van der Waals surface area (Å²) in [6.07, 6.45) is 13.7. The number of rotatable bonds is 0. The largest absolute Gasteiger partial charge is 0.349 e. The van der Waals surface area contributed by atoms with E-state index in [4.69, 9.17) is 15.2 Å². The molecule has 4 saturated carbocycles. The zero-order chi connectivity index (χ0) is 20.9. The standard InChI is InChI=1S/C27H45NO2/c1-16-7-12-27(29-15-16)17(2)24-23(30-27)14-22-20-6-5-18-13-19(28)8-10-25(18,3)21(20)9-11-26(22,24)4/h16-24H,5-15,28H2,1-4H3/t16-,17+,18?,19-,20?,21?,22?,23+,24+,25+,26+,27-/m1/s1. The Morgan fingerprint density at radius 1 is 0.833 bits per heavy atom. The molecule has 1 spiro atoms. The summed E-state index contributed by atoms with van der Waals surface area (Å²) in [5, 5.41) is 0. The minimum Gasteiger partial charge on any atom is -0.349 e. The average molecular weight is 416 g/mol. The van der Waals surface area contributed by atoms with Crippen LogP contribution in [0.25, 0.3) is 0 Å². The Hall–Kier alpha value is -0.120. The molecule has 6 rings (SSSR count). The first kappa shape index (κ1) is 20.5. The summed E-state index contributed by atoms with van der Waals surface area (Å²) < 4.78 is 13.4. The van der Waals surface area contributed by atoms with Crippen molar-refractivity contribution in [3.8, 4) is 0 Å². The SMILES string of the molecule is C[C@@H]1CC[C@@]2(OC1)O[C@H]1CC3C4CCC5C[C@H](N)CC[C@]5(C)C4CC[C@]3(C)[C@H]1[C@@H]2C. The van der Waals surface area contributed by atoms with Gasteiger partial charge in [0.05, 0.1) is 12.7 Å². The molecule has 2 saturated heterocycles. The summed E-state index contributed by atoms with van der Waals surface area (Å²) in [6, 6.07) is 0.461. The molecule has 3 heteroatoms. The number of nitrogens with two attached hydrogens (primary N) is 1. The van der Waals surface area contributed by atoms with E-state index in [2.05, 4.69) is 27.7 Å². The summed E-state index contributed by atoms with van der Waals surface area (Å²) >= 11 is 0. The molecule has 0 aromatic heterocycles. The molecule has 0 aromatic carbocycles. The van der Waals surface area contributed by atoms with Crippen LogP contribution in [-0.4, -0.2) is 24.5 Å². The van der Waals surface area contributed by atoms with Crippen LogP contribution in [0, 0.1) is 52.3 Å². The third-order valence-electron chi connectivity index (χ3n) is 12.0. The highest BCUT2D eigenvalue weighted by atomic mass is 16.7. The minimum atomic E-state index is -0.268. The maximum atomic E-state index is 6.92. The fraction of sp³-hybridized carbons (Fsp3) is 1.00. The van der Waals surface area contributed by atoms with Crippen molar-refractivity contribution in [2.45, 2.75) is 110 Å². The van der Waals surface area contributed by atoms with Crippen molar-refractivity contribution in [3.63, 3.8) is 0 Å². The Morgan fingerprint density at radius 3 is 2.40 bits per heavy atom. The van der Waals surface area contributed by atoms with Crippen LogP contribution in [0.3, 0.4) is 0 Å². The van der Waals surface area contributed by atoms with Crippen LogP contribution in [0.2, 0.25) is 0 Å². The molecular weight excluding hydrogens is 370 g/mol. The van der Waals surface area contributed by atoms with Gasteiger partial charge in [0, 0.05) is 18.4 Å². The molecule has 6 aliphatic rings. The summed E-state index contributed by atoms with van der Waals surface area (Å²) in [5.41, 5.74) is 7.40. The highest BCUT2D eigenvalue weighted by molar-refractivity contribution is 5.15. The van der Waals surface area contributed by atoms with Gasteiger partial charge in [-0.05, 0) is 104 Å². The Kier molecular flexibility index (Phi) is 4.58. The smallest absolute Gasteiger partial charge is 0.171 e. The molecule has 12 atom stereocenters. The van der Waals surface area contributed by atoms with Gasteiger partial charge in [0.25, 0.3) is 0 Å². The second kappa shape index (κ2) is 6.70. The number of hydrogen-bond donors (Lipinski definition) is 1. The lowest BCUT2D eigenvalue weighted by atomic mass is 9.44. The van der Waals surface area contributed by atoms with E-state index in [1.54, 1.807) is 0 Å². The zero-order valence-corrected chi connectivity index (χ0v) is 19.9. The molecule has 2 aliphatic heterocycles. The fourth-order valence-electron chi connectivity index (χ4n) is 10.3. The lowest BCUT2D eigenvalue weighted by Gasteiger charge is -2.61. The molecule has 30 heavy (non-hydrogen) atoms. The van der Waals surface area contributed by atoms with Crippen molar-refractivity contribution in [3.05, 3.63) is 0 Å². The number of fused-ring (bicyclic) bond motifs is 7. The van der Waals surface area contributed by atoms with Crippen LogP contribution < -0.4 is 5.73 Å². The molecule has 0 bridgehead atoms. The van der Waals surface area contributed by atoms with Crippen LogP contribution in [0.4, 0.5) is 0 Å². The topological polar surface area (TPSA) is 44.5 Å². The van der Waals surface area contributed by atoms with Gasteiger partial charge >= 0.3 is 0 Å². The van der Waals surface area contributed by atoms with E-state index >= 15 is 0 Å². The number of hydrogen-bond acceptors (Lipinski definition) is 3. The van der Waals surface area contributed by atoms with E-state index in [-0.39, 0.29) is 5.79 Å². The normalized spacial score (nSPS) is 62.5. The van der Waals surface area contributed by atoms with Crippen molar-refractivity contribution in [1.82, 2.24) is 0 Å². The van der Waals surface area contributed by atoms with E-state index in [1.165, 1.54) is 57.8 Å². The van der Waals surface area contributed by atoms with Crippen LogP contribution in [0.5, 0.6) is 0 Å². The molecule has 6 fully saturated rings. The number of ether oxygens (including phenoxy) is 2. The maximum Gasteiger partial charge on any atom is 0.171 e. The van der Waals surface area contributed by atoms with Crippen LogP contribution in [0.1, 0.15) is 91.9 Å². The highest BCUT2D eigenvalue weighted by Gasteiger charge is 2.69. The van der Waals surface area contributed by atoms with Crippen molar-refractivity contribution in [1.29, 1.82) is 0 Å². The predicted molar refractivity (Wildman–Crippen MR) is 120 cm³/mol. The molecule has 0 amide bonds. The first-order chi connectivity index (χ1) is 14.3. The highest BCUT2D eigenvalue weighted by Crippen LogP contribution is 2.71. The molecular formula is C27H45NO2. The maximum absolute atomic E-state index is 6.92. The first-order valence-electron chi connectivity index (χ1n) is 13.3. The van der Waals surface area contributed by atoms with Gasteiger partial charge in [-0.25, -0.2) is 0 Å². The molecule has 4 unspecified atom stereocenters. The van der Waals surface area contributed by atoms with Gasteiger partial charge in [-0.2, -0.15) is 0 Å². The molecule has 0 aromatic rings. The van der Waals surface area contributed by atoms with Crippen LogP contribution in [-0.2, 0) is 9.47 Å². The van der Waals surface area contributed by atoms with Gasteiger partial charge in [-0.1, -0.05) is 27.7 Å². The monoisotopic (exact) mass is 415 g/mol. The van der Waals surface area contributed by atoms with Gasteiger partial charge in [-0.15, -0.1) is 0 Å². The molecule has 3 nitrogen and oxygen atoms in total. The second-order valence-corrected chi connectivity index (χ2v) is 13.2. The fourth-order valence-corrected chi connectivity index (χ4v) is 10.3. The van der Waals surface area contributed by atoms with Gasteiger partial charge in [-0.3, -0.25) is 0 Å². The van der Waals surface area contributed by atoms with Crippen molar-refractivity contribution in [2.75, 3.05) is 6.61 Å². The third kappa shape index (κ3) is 2.61. The van der Waals surface area contributed by atoms with Crippen LogP contribution in [0.15, 0.2) is 0 Å². The molecule has 4 aliphatic carbocycles. The zero-order valence-electron chi connectivity index (χ0n) is 19.9. The van der Waals surface area contributed by atoms with Crippen LogP contribution >= 0.6 is 0 Å². The van der Waals surface area contributed by atoms with Gasteiger partial charge in [0.15, 0.2) is 5.79 Å². The Balaban J connectivity index is 1.26. The summed E-state index contributed by atoms with van der Waals surface area (Å²) in [4.78, 5) is 0. The van der Waals surface area contributed by atoms with Gasteiger partial charge in [0.2, 0.25) is 0 Å². The quantitative estimate of drug-likeness (QED) is 0.547. The van der Waals surface area contributed by atoms with Gasteiger partial charge < -0.3 is 15.2 Å².